The summed E-state index contributed by atoms with van der Waals surface area (Å²) in [5, 5.41) is 0. The van der Waals surface area contributed by atoms with Gasteiger partial charge in [-0.25, -0.2) is 0 Å². The van der Waals surface area contributed by atoms with E-state index in [0.29, 0.717) is 19.4 Å². The van der Waals surface area contributed by atoms with Crippen molar-refractivity contribution in [3.63, 3.8) is 0 Å². The molecule has 0 fully saturated rings. The standard InChI is InChI=1S/C55H100O5/c1-4-7-10-13-16-19-22-25-27-29-32-35-38-41-44-47-50-58-51-53(60-55(57)49-46-43-40-37-34-30-24-21-18-15-12-9-6-3)52-59-54(56)48-45-42-39-36-33-31-28-26-23-20-17-14-11-8-5-2/h12,15-16,19,21,24-25,27,53H,4-11,13-14,17-18,20,22-23,26,28-52H2,1-3H3/b15-12-,19-16-,24-21-,27-25-. The van der Waals surface area contributed by atoms with Crippen LogP contribution in [0.15, 0.2) is 48.6 Å². The molecule has 0 radical (unpaired) electrons. The van der Waals surface area contributed by atoms with Gasteiger partial charge in [-0.2, -0.15) is 0 Å². The number of hydrogen-bond acceptors (Lipinski definition) is 5. The van der Waals surface area contributed by atoms with Crippen LogP contribution in [0.3, 0.4) is 0 Å². The zero-order valence-corrected chi connectivity index (χ0v) is 40.2. The lowest BCUT2D eigenvalue weighted by molar-refractivity contribution is -0.163. The van der Waals surface area contributed by atoms with Gasteiger partial charge in [-0.3, -0.25) is 9.59 Å². The SMILES string of the molecule is CCC/C=C\C/C=C\CCCCCCCC(=O)OC(COCCCCCCCC/C=C\C/C=C\CCCCC)COC(=O)CCCCCCCCCCCCCCCCC. The predicted molar refractivity (Wildman–Crippen MR) is 261 cm³/mol. The number of unbranched alkanes of at least 4 members (excludes halogenated alkanes) is 29. The summed E-state index contributed by atoms with van der Waals surface area (Å²) in [6.45, 7) is 7.73. The van der Waals surface area contributed by atoms with Crippen molar-refractivity contribution in [1.29, 1.82) is 0 Å². The molecule has 0 heterocycles. The van der Waals surface area contributed by atoms with Crippen LogP contribution >= 0.6 is 0 Å². The van der Waals surface area contributed by atoms with E-state index in [9.17, 15) is 9.59 Å². The Morgan fingerprint density at radius 2 is 0.733 bits per heavy atom. The second kappa shape index (κ2) is 51.2. The monoisotopic (exact) mass is 841 g/mol. The number of carbonyl (C=O) groups is 2. The summed E-state index contributed by atoms with van der Waals surface area (Å²) in [6, 6.07) is 0. The highest BCUT2D eigenvalue weighted by Gasteiger charge is 2.17. The first-order chi connectivity index (χ1) is 29.6. The number of ether oxygens (including phenoxy) is 3. The third kappa shape index (κ3) is 48.5. The molecule has 350 valence electrons. The zero-order chi connectivity index (χ0) is 43.5. The van der Waals surface area contributed by atoms with Gasteiger partial charge >= 0.3 is 11.9 Å². The zero-order valence-electron chi connectivity index (χ0n) is 40.2. The molecule has 60 heavy (non-hydrogen) atoms. The Balaban J connectivity index is 4.27. The quantitative estimate of drug-likeness (QED) is 0.0347. The first-order valence-electron chi connectivity index (χ1n) is 26.2. The molecular formula is C55H100O5. The maximum atomic E-state index is 12.8. The Kier molecular flexibility index (Phi) is 49.4. The average Bonchev–Trinajstić information content (AvgIpc) is 3.25. The molecule has 0 aromatic rings. The minimum Gasteiger partial charge on any atom is -0.462 e. The highest BCUT2D eigenvalue weighted by molar-refractivity contribution is 5.70. The van der Waals surface area contributed by atoms with Gasteiger partial charge in [-0.05, 0) is 77.0 Å². The third-order valence-corrected chi connectivity index (χ3v) is 11.3. The maximum Gasteiger partial charge on any atom is 0.306 e. The van der Waals surface area contributed by atoms with Crippen LogP contribution in [0.4, 0.5) is 0 Å². The normalized spacial score (nSPS) is 12.5. The largest absolute Gasteiger partial charge is 0.462 e. The first kappa shape index (κ1) is 57.9. The third-order valence-electron chi connectivity index (χ3n) is 11.3. The van der Waals surface area contributed by atoms with E-state index in [1.54, 1.807) is 0 Å². The van der Waals surface area contributed by atoms with Gasteiger partial charge in [-0.15, -0.1) is 0 Å². The van der Waals surface area contributed by atoms with E-state index in [4.69, 9.17) is 14.2 Å². The van der Waals surface area contributed by atoms with Gasteiger partial charge in [0.2, 0.25) is 0 Å². The molecule has 0 saturated heterocycles. The van der Waals surface area contributed by atoms with Crippen LogP contribution in [0.2, 0.25) is 0 Å². The summed E-state index contributed by atoms with van der Waals surface area (Å²) >= 11 is 0. The van der Waals surface area contributed by atoms with Crippen molar-refractivity contribution in [3.8, 4) is 0 Å². The van der Waals surface area contributed by atoms with E-state index < -0.39 is 6.10 Å². The fourth-order valence-corrected chi connectivity index (χ4v) is 7.40. The van der Waals surface area contributed by atoms with E-state index in [2.05, 4.69) is 69.4 Å². The Bertz CT molecular complexity index is 997. The molecule has 0 aliphatic heterocycles. The van der Waals surface area contributed by atoms with Crippen molar-refractivity contribution in [2.45, 2.75) is 271 Å². The van der Waals surface area contributed by atoms with Crippen LogP contribution in [-0.2, 0) is 23.8 Å². The fraction of sp³-hybridized carbons (Fsp3) is 0.818. The van der Waals surface area contributed by atoms with Crippen LogP contribution in [-0.4, -0.2) is 37.9 Å². The number of allylic oxidation sites excluding steroid dienone is 8. The second-order valence-corrected chi connectivity index (χ2v) is 17.4. The molecule has 1 atom stereocenters. The molecule has 0 aliphatic rings. The van der Waals surface area contributed by atoms with Crippen LogP contribution in [0.1, 0.15) is 265 Å². The summed E-state index contributed by atoms with van der Waals surface area (Å²) in [5.41, 5.74) is 0. The van der Waals surface area contributed by atoms with E-state index in [1.165, 1.54) is 167 Å². The molecule has 5 heteroatoms. The lowest BCUT2D eigenvalue weighted by Gasteiger charge is -2.18. The number of carbonyl (C=O) groups excluding carboxylic acids is 2. The van der Waals surface area contributed by atoms with E-state index in [1.807, 2.05) is 0 Å². The highest BCUT2D eigenvalue weighted by atomic mass is 16.6. The van der Waals surface area contributed by atoms with Crippen molar-refractivity contribution in [1.82, 2.24) is 0 Å². The molecule has 0 aliphatic carbocycles. The summed E-state index contributed by atoms with van der Waals surface area (Å²) in [5.74, 6) is -0.409. The number of esters is 2. The Morgan fingerprint density at radius 3 is 1.20 bits per heavy atom. The van der Waals surface area contributed by atoms with E-state index >= 15 is 0 Å². The van der Waals surface area contributed by atoms with Crippen LogP contribution in [0.5, 0.6) is 0 Å². The molecule has 0 bridgehead atoms. The fourth-order valence-electron chi connectivity index (χ4n) is 7.40. The lowest BCUT2D eigenvalue weighted by atomic mass is 10.0. The van der Waals surface area contributed by atoms with Gasteiger partial charge < -0.3 is 14.2 Å². The Morgan fingerprint density at radius 1 is 0.367 bits per heavy atom. The molecule has 0 aromatic heterocycles. The topological polar surface area (TPSA) is 61.8 Å². The van der Waals surface area contributed by atoms with Gasteiger partial charge in [0.05, 0.1) is 6.61 Å². The van der Waals surface area contributed by atoms with Gasteiger partial charge in [0.1, 0.15) is 6.61 Å². The van der Waals surface area contributed by atoms with Crippen molar-refractivity contribution in [2.24, 2.45) is 0 Å². The first-order valence-corrected chi connectivity index (χ1v) is 26.2. The van der Waals surface area contributed by atoms with Crippen LogP contribution < -0.4 is 0 Å². The predicted octanol–water partition coefficient (Wildman–Crippen LogP) is 17.6. The van der Waals surface area contributed by atoms with Gasteiger partial charge in [0.25, 0.3) is 0 Å². The number of hydrogen-bond donors (Lipinski definition) is 0. The smallest absolute Gasteiger partial charge is 0.306 e. The molecule has 0 aromatic carbocycles. The van der Waals surface area contributed by atoms with Gasteiger partial charge in [0, 0.05) is 19.4 Å². The second-order valence-electron chi connectivity index (χ2n) is 17.4. The van der Waals surface area contributed by atoms with E-state index in [0.717, 1.165) is 64.2 Å². The van der Waals surface area contributed by atoms with Gasteiger partial charge in [-0.1, -0.05) is 223 Å². The minimum absolute atomic E-state index is 0.0783. The summed E-state index contributed by atoms with van der Waals surface area (Å²) in [4.78, 5) is 25.4. The van der Waals surface area contributed by atoms with Crippen LogP contribution in [0.25, 0.3) is 0 Å². The number of rotatable bonds is 48. The Labute approximate surface area is 373 Å². The summed E-state index contributed by atoms with van der Waals surface area (Å²) in [6.07, 6.45) is 62.6. The molecule has 1 unspecified atom stereocenters. The molecular weight excluding hydrogens is 741 g/mol. The van der Waals surface area contributed by atoms with Crippen molar-refractivity contribution in [2.75, 3.05) is 19.8 Å². The molecule has 0 saturated carbocycles. The summed E-state index contributed by atoms with van der Waals surface area (Å²) in [7, 11) is 0. The Hall–Kier alpha value is -2.14. The molecule has 0 rings (SSSR count). The minimum atomic E-state index is -0.546. The highest BCUT2D eigenvalue weighted by Crippen LogP contribution is 2.15. The van der Waals surface area contributed by atoms with E-state index in [-0.39, 0.29) is 25.2 Å². The molecule has 0 amide bonds. The van der Waals surface area contributed by atoms with Crippen molar-refractivity contribution < 1.29 is 23.8 Å². The molecule has 0 N–H and O–H groups in total. The average molecular weight is 841 g/mol. The molecule has 0 spiro atoms. The van der Waals surface area contributed by atoms with Gasteiger partial charge in [0.15, 0.2) is 6.10 Å². The van der Waals surface area contributed by atoms with Crippen molar-refractivity contribution in [3.05, 3.63) is 48.6 Å². The summed E-state index contributed by atoms with van der Waals surface area (Å²) < 4.78 is 17.4. The van der Waals surface area contributed by atoms with Crippen molar-refractivity contribution >= 4 is 11.9 Å². The molecule has 5 nitrogen and oxygen atoms in total. The lowest BCUT2D eigenvalue weighted by Crippen LogP contribution is -2.30. The maximum absolute atomic E-state index is 12.8. The van der Waals surface area contributed by atoms with Crippen LogP contribution in [0, 0.1) is 0 Å².